The quantitative estimate of drug-likeness (QED) is 0.478. The molecule has 3 heterocycles. The van der Waals surface area contributed by atoms with Crippen LogP contribution in [0.3, 0.4) is 0 Å². The van der Waals surface area contributed by atoms with Crippen molar-refractivity contribution in [1.29, 1.82) is 0 Å². The fourth-order valence-corrected chi connectivity index (χ4v) is 3.30. The van der Waals surface area contributed by atoms with E-state index >= 15 is 0 Å². The first kappa shape index (κ1) is 16.4. The second kappa shape index (κ2) is 6.74. The molecular formula is C22H17N5O. The number of nitrogens with zero attached hydrogens (tertiary/aromatic N) is 5. The zero-order valence-corrected chi connectivity index (χ0v) is 15.3. The zero-order valence-electron chi connectivity index (χ0n) is 15.3. The van der Waals surface area contributed by atoms with Crippen LogP contribution >= 0.6 is 0 Å². The Hall–Kier alpha value is -3.80. The molecular weight excluding hydrogens is 350 g/mol. The number of ether oxygens (including phenoxy) is 1. The zero-order chi connectivity index (χ0) is 18.9. The third-order valence-electron chi connectivity index (χ3n) is 4.72. The summed E-state index contributed by atoms with van der Waals surface area (Å²) in [4.78, 5) is 9.18. The Morgan fingerprint density at radius 2 is 1.86 bits per heavy atom. The van der Waals surface area contributed by atoms with Crippen molar-refractivity contribution < 1.29 is 4.74 Å². The largest absolute Gasteiger partial charge is 0.497 e. The van der Waals surface area contributed by atoms with Crippen molar-refractivity contribution in [2.75, 3.05) is 7.11 Å². The molecule has 0 N–H and O–H groups in total. The van der Waals surface area contributed by atoms with Gasteiger partial charge in [0.2, 0.25) is 0 Å². The molecule has 5 rings (SSSR count). The first-order valence-corrected chi connectivity index (χ1v) is 8.98. The van der Waals surface area contributed by atoms with Gasteiger partial charge in [0, 0.05) is 17.1 Å². The Kier molecular flexibility index (Phi) is 3.94. The SMILES string of the molecule is COc1cccc(-c2ccc3nnn(Cc4ccc5ncccc5c4)c3n2)c1. The van der Waals surface area contributed by atoms with Gasteiger partial charge in [0.15, 0.2) is 5.65 Å². The summed E-state index contributed by atoms with van der Waals surface area (Å²) in [6.45, 7) is 0.593. The molecule has 0 radical (unpaired) electrons. The van der Waals surface area contributed by atoms with Crippen molar-refractivity contribution in [1.82, 2.24) is 25.0 Å². The number of pyridine rings is 2. The number of aromatic nitrogens is 5. The fraction of sp³-hybridized carbons (Fsp3) is 0.0909. The Bertz CT molecular complexity index is 1290. The molecule has 3 aromatic heterocycles. The van der Waals surface area contributed by atoms with Crippen molar-refractivity contribution in [2.45, 2.75) is 6.54 Å². The van der Waals surface area contributed by atoms with Crippen LogP contribution in [0, 0.1) is 0 Å². The predicted octanol–water partition coefficient (Wildman–Crippen LogP) is 4.10. The molecule has 0 aliphatic carbocycles. The Morgan fingerprint density at radius 1 is 0.929 bits per heavy atom. The van der Waals surface area contributed by atoms with Crippen LogP contribution in [0.4, 0.5) is 0 Å². The first-order chi connectivity index (χ1) is 13.8. The molecule has 2 aromatic carbocycles. The van der Waals surface area contributed by atoms with E-state index in [0.717, 1.165) is 44.6 Å². The summed E-state index contributed by atoms with van der Waals surface area (Å²) in [5.74, 6) is 0.802. The number of benzene rings is 2. The lowest BCUT2D eigenvalue weighted by molar-refractivity contribution is 0.415. The van der Waals surface area contributed by atoms with Crippen LogP contribution in [0.25, 0.3) is 33.3 Å². The third-order valence-corrected chi connectivity index (χ3v) is 4.72. The van der Waals surface area contributed by atoms with E-state index in [1.807, 2.05) is 53.2 Å². The van der Waals surface area contributed by atoms with Crippen molar-refractivity contribution >= 4 is 22.1 Å². The van der Waals surface area contributed by atoms with E-state index in [1.165, 1.54) is 0 Å². The number of fused-ring (bicyclic) bond motifs is 2. The lowest BCUT2D eigenvalue weighted by Gasteiger charge is -2.06. The van der Waals surface area contributed by atoms with E-state index in [9.17, 15) is 0 Å². The minimum absolute atomic E-state index is 0.593. The summed E-state index contributed by atoms with van der Waals surface area (Å²) < 4.78 is 7.15. The Morgan fingerprint density at radius 3 is 2.79 bits per heavy atom. The molecule has 0 atom stereocenters. The summed E-state index contributed by atoms with van der Waals surface area (Å²) in [7, 11) is 1.66. The van der Waals surface area contributed by atoms with E-state index in [1.54, 1.807) is 13.3 Å². The van der Waals surface area contributed by atoms with Crippen molar-refractivity contribution in [3.8, 4) is 17.0 Å². The summed E-state index contributed by atoms with van der Waals surface area (Å²) in [6.07, 6.45) is 1.80. The molecule has 0 fully saturated rings. The van der Waals surface area contributed by atoms with Crippen molar-refractivity contribution in [2.24, 2.45) is 0 Å². The maximum absolute atomic E-state index is 5.32. The van der Waals surface area contributed by atoms with Crippen LogP contribution in [-0.4, -0.2) is 32.1 Å². The van der Waals surface area contributed by atoms with Gasteiger partial charge in [-0.15, -0.1) is 5.10 Å². The first-order valence-electron chi connectivity index (χ1n) is 8.98. The van der Waals surface area contributed by atoms with Gasteiger partial charge in [-0.05, 0) is 48.0 Å². The van der Waals surface area contributed by atoms with Gasteiger partial charge in [0.05, 0.1) is 24.9 Å². The normalized spacial score (nSPS) is 11.2. The van der Waals surface area contributed by atoms with Crippen LogP contribution in [0.2, 0.25) is 0 Å². The molecule has 0 spiro atoms. The highest BCUT2D eigenvalue weighted by Crippen LogP contribution is 2.24. The number of hydrogen-bond donors (Lipinski definition) is 0. The monoisotopic (exact) mass is 367 g/mol. The second-order valence-corrected chi connectivity index (χ2v) is 6.55. The van der Waals surface area contributed by atoms with Crippen LogP contribution in [0.5, 0.6) is 5.75 Å². The van der Waals surface area contributed by atoms with E-state index in [2.05, 4.69) is 33.5 Å². The van der Waals surface area contributed by atoms with Gasteiger partial charge in [-0.3, -0.25) is 4.98 Å². The maximum atomic E-state index is 5.32. The summed E-state index contributed by atoms with van der Waals surface area (Å²) in [5, 5.41) is 9.67. The second-order valence-electron chi connectivity index (χ2n) is 6.55. The molecule has 6 heteroatoms. The molecule has 0 aliphatic rings. The standard InChI is InChI=1S/C22H17N5O/c1-28-18-6-2-4-17(13-18)20-9-10-21-22(24-20)27(26-25-21)14-15-7-8-19-16(12-15)5-3-11-23-19/h2-13H,14H2,1H3. The molecule has 0 saturated heterocycles. The molecule has 0 saturated carbocycles. The van der Waals surface area contributed by atoms with E-state index in [0.29, 0.717) is 6.54 Å². The minimum atomic E-state index is 0.593. The summed E-state index contributed by atoms with van der Waals surface area (Å²) in [6, 6.07) is 22.0. The molecule has 0 amide bonds. The topological polar surface area (TPSA) is 65.7 Å². The van der Waals surface area contributed by atoms with E-state index < -0.39 is 0 Å². The van der Waals surface area contributed by atoms with Crippen LogP contribution in [0.1, 0.15) is 5.56 Å². The number of hydrogen-bond acceptors (Lipinski definition) is 5. The maximum Gasteiger partial charge on any atom is 0.179 e. The lowest BCUT2D eigenvalue weighted by atomic mass is 10.1. The van der Waals surface area contributed by atoms with E-state index in [-0.39, 0.29) is 0 Å². The highest BCUT2D eigenvalue weighted by atomic mass is 16.5. The van der Waals surface area contributed by atoms with Crippen LogP contribution in [-0.2, 0) is 6.54 Å². The molecule has 136 valence electrons. The summed E-state index contributed by atoms with van der Waals surface area (Å²) >= 11 is 0. The van der Waals surface area contributed by atoms with Gasteiger partial charge < -0.3 is 4.74 Å². The highest BCUT2D eigenvalue weighted by Gasteiger charge is 2.10. The highest BCUT2D eigenvalue weighted by molar-refractivity contribution is 5.79. The molecule has 28 heavy (non-hydrogen) atoms. The fourth-order valence-electron chi connectivity index (χ4n) is 3.30. The summed E-state index contributed by atoms with van der Waals surface area (Å²) in [5.41, 5.74) is 5.48. The minimum Gasteiger partial charge on any atom is -0.497 e. The van der Waals surface area contributed by atoms with Gasteiger partial charge in [-0.1, -0.05) is 29.5 Å². The smallest absolute Gasteiger partial charge is 0.179 e. The molecule has 0 aliphatic heterocycles. The molecule has 0 unspecified atom stereocenters. The van der Waals surface area contributed by atoms with Gasteiger partial charge in [-0.25, -0.2) is 9.67 Å². The average molecular weight is 367 g/mol. The van der Waals surface area contributed by atoms with Crippen LogP contribution in [0.15, 0.2) is 72.9 Å². The predicted molar refractivity (Wildman–Crippen MR) is 108 cm³/mol. The Balaban J connectivity index is 1.54. The van der Waals surface area contributed by atoms with Crippen LogP contribution < -0.4 is 4.74 Å². The van der Waals surface area contributed by atoms with Gasteiger partial charge >= 0.3 is 0 Å². The van der Waals surface area contributed by atoms with Gasteiger partial charge in [0.25, 0.3) is 0 Å². The molecule has 0 bridgehead atoms. The Labute approximate surface area is 161 Å². The van der Waals surface area contributed by atoms with Gasteiger partial charge in [-0.2, -0.15) is 0 Å². The van der Waals surface area contributed by atoms with Gasteiger partial charge in [0.1, 0.15) is 11.3 Å². The van der Waals surface area contributed by atoms with Crippen molar-refractivity contribution in [3.05, 3.63) is 78.5 Å². The average Bonchev–Trinajstić information content (AvgIpc) is 3.15. The number of rotatable bonds is 4. The third kappa shape index (κ3) is 2.95. The van der Waals surface area contributed by atoms with E-state index in [4.69, 9.17) is 9.72 Å². The lowest BCUT2D eigenvalue weighted by Crippen LogP contribution is -2.03. The molecule has 6 nitrogen and oxygen atoms in total. The molecule has 5 aromatic rings. The number of methoxy groups -OCH3 is 1. The van der Waals surface area contributed by atoms with Crippen molar-refractivity contribution in [3.63, 3.8) is 0 Å².